The summed E-state index contributed by atoms with van der Waals surface area (Å²) in [6.07, 6.45) is -2.98. The molecule has 1 aromatic carbocycles. The topological polar surface area (TPSA) is 32.3 Å². The van der Waals surface area contributed by atoms with E-state index in [2.05, 4.69) is 24.1 Å². The van der Waals surface area contributed by atoms with E-state index in [9.17, 15) is 18.0 Å². The summed E-state index contributed by atoms with van der Waals surface area (Å²) in [6, 6.07) is 5.87. The molecule has 0 saturated carbocycles. The molecular weight excluding hydrogens is 317 g/mol. The van der Waals surface area contributed by atoms with Crippen LogP contribution in [0.25, 0.3) is 0 Å². The van der Waals surface area contributed by atoms with Crippen LogP contribution in [0.4, 0.5) is 13.2 Å². The Morgan fingerprint density at radius 3 is 2.50 bits per heavy atom. The lowest BCUT2D eigenvalue weighted by molar-refractivity contribution is -0.137. The second-order valence-corrected chi connectivity index (χ2v) is 7.17. The van der Waals surface area contributed by atoms with Gasteiger partial charge in [0.25, 0.3) is 0 Å². The van der Waals surface area contributed by atoms with Crippen molar-refractivity contribution in [2.45, 2.75) is 44.8 Å². The van der Waals surface area contributed by atoms with E-state index in [0.717, 1.165) is 19.2 Å². The normalized spacial score (nSPS) is 24.6. The summed E-state index contributed by atoms with van der Waals surface area (Å²) in [5.74, 6) is -0.199. The molecule has 0 radical (unpaired) electrons. The summed E-state index contributed by atoms with van der Waals surface area (Å²) in [7, 11) is 0. The number of nitrogens with one attached hydrogen (secondary N) is 1. The maximum Gasteiger partial charge on any atom is 0.416 e. The maximum absolute atomic E-state index is 13.0. The zero-order valence-electron chi connectivity index (χ0n) is 14.0. The number of halogens is 3. The van der Waals surface area contributed by atoms with Gasteiger partial charge in [0.1, 0.15) is 0 Å². The summed E-state index contributed by atoms with van der Waals surface area (Å²) < 4.78 is 39.0. The number of hydrogen-bond donors (Lipinski definition) is 1. The highest BCUT2D eigenvalue weighted by Gasteiger charge is 2.52. The van der Waals surface area contributed by atoms with Crippen molar-refractivity contribution in [2.75, 3.05) is 19.6 Å². The Hall–Kier alpha value is -1.56. The van der Waals surface area contributed by atoms with Gasteiger partial charge in [-0.3, -0.25) is 4.79 Å². The van der Waals surface area contributed by atoms with Crippen molar-refractivity contribution in [1.29, 1.82) is 0 Å². The fraction of sp³-hybridized carbons (Fsp3) is 0.611. The quantitative estimate of drug-likeness (QED) is 0.895. The van der Waals surface area contributed by atoms with Gasteiger partial charge >= 0.3 is 6.18 Å². The van der Waals surface area contributed by atoms with Crippen LogP contribution in [-0.4, -0.2) is 36.5 Å². The van der Waals surface area contributed by atoms with E-state index >= 15 is 0 Å². The molecule has 2 saturated heterocycles. The molecule has 0 bridgehead atoms. The minimum absolute atomic E-state index is 0.00619. The van der Waals surface area contributed by atoms with Crippen molar-refractivity contribution in [3.63, 3.8) is 0 Å². The number of hydrogen-bond acceptors (Lipinski definition) is 2. The summed E-state index contributed by atoms with van der Waals surface area (Å²) in [5, 5.41) is 2.89. The molecule has 1 spiro atoms. The van der Waals surface area contributed by atoms with Crippen LogP contribution in [0.3, 0.4) is 0 Å². The summed E-state index contributed by atoms with van der Waals surface area (Å²) >= 11 is 0. The van der Waals surface area contributed by atoms with Crippen molar-refractivity contribution in [1.82, 2.24) is 10.2 Å². The van der Waals surface area contributed by atoms with Crippen molar-refractivity contribution in [3.8, 4) is 0 Å². The molecule has 1 N–H and O–H groups in total. The number of likely N-dealkylation sites (tertiary alicyclic amines) is 1. The Bertz CT molecular complexity index is 619. The predicted octanol–water partition coefficient (Wildman–Crippen LogP) is 3.41. The molecular formula is C18H23F3N2O. The minimum atomic E-state index is -4.36. The van der Waals surface area contributed by atoms with Crippen LogP contribution in [0.5, 0.6) is 0 Å². The second kappa shape index (κ2) is 6.06. The molecule has 2 aliphatic heterocycles. The highest BCUT2D eigenvalue weighted by atomic mass is 19.4. The van der Waals surface area contributed by atoms with Crippen LogP contribution in [0.15, 0.2) is 24.3 Å². The van der Waals surface area contributed by atoms with Crippen LogP contribution in [0, 0.1) is 5.41 Å². The van der Waals surface area contributed by atoms with Crippen molar-refractivity contribution in [2.24, 2.45) is 5.41 Å². The molecule has 1 unspecified atom stereocenters. The number of rotatable bonds is 2. The van der Waals surface area contributed by atoms with E-state index in [-0.39, 0.29) is 11.8 Å². The second-order valence-electron chi connectivity index (χ2n) is 7.17. The number of piperidine rings is 1. The fourth-order valence-corrected chi connectivity index (χ4v) is 4.11. The molecule has 2 heterocycles. The van der Waals surface area contributed by atoms with E-state index in [1.165, 1.54) is 12.1 Å². The molecule has 1 atom stereocenters. The molecule has 0 aromatic heterocycles. The van der Waals surface area contributed by atoms with Gasteiger partial charge in [0.15, 0.2) is 0 Å². The van der Waals surface area contributed by atoms with Crippen LogP contribution in [0.2, 0.25) is 0 Å². The van der Waals surface area contributed by atoms with Gasteiger partial charge in [-0.05, 0) is 51.4 Å². The first kappa shape index (κ1) is 17.3. The largest absolute Gasteiger partial charge is 0.416 e. The first-order valence-corrected chi connectivity index (χ1v) is 8.43. The number of carbonyl (C=O) groups is 1. The fourth-order valence-electron chi connectivity index (χ4n) is 4.11. The van der Waals surface area contributed by atoms with Crippen LogP contribution in [-0.2, 0) is 11.0 Å². The summed E-state index contributed by atoms with van der Waals surface area (Å²) in [4.78, 5) is 14.9. The molecule has 0 aliphatic carbocycles. The van der Waals surface area contributed by atoms with Gasteiger partial charge in [-0.2, -0.15) is 13.2 Å². The molecule has 2 aliphatic rings. The molecule has 24 heavy (non-hydrogen) atoms. The number of carbonyl (C=O) groups excluding carboxylic acids is 1. The average molecular weight is 340 g/mol. The van der Waals surface area contributed by atoms with Gasteiger partial charge in [0, 0.05) is 18.5 Å². The Balaban J connectivity index is 1.89. The number of amides is 1. The standard InChI is InChI=1S/C18H23F3N2O/c1-12(2)23-8-6-17(7-9-23)15(11-22-16(17)24)13-4-3-5-14(10-13)18(19,20)21/h3-5,10,12,15H,6-9,11H2,1-2H3,(H,22,24). The number of nitrogens with zero attached hydrogens (tertiary/aromatic N) is 1. The third kappa shape index (κ3) is 2.92. The van der Waals surface area contributed by atoms with E-state index in [1.54, 1.807) is 6.07 Å². The Morgan fingerprint density at radius 1 is 1.25 bits per heavy atom. The van der Waals surface area contributed by atoms with Gasteiger partial charge in [-0.25, -0.2) is 0 Å². The number of benzene rings is 1. The molecule has 2 fully saturated rings. The van der Waals surface area contributed by atoms with Gasteiger partial charge in [-0.15, -0.1) is 0 Å². The van der Waals surface area contributed by atoms with Crippen LogP contribution < -0.4 is 5.32 Å². The van der Waals surface area contributed by atoms with Crippen LogP contribution in [0.1, 0.15) is 43.7 Å². The zero-order valence-corrected chi connectivity index (χ0v) is 14.0. The molecule has 1 aromatic rings. The van der Waals surface area contributed by atoms with Crippen LogP contribution >= 0.6 is 0 Å². The Labute approximate surface area is 140 Å². The Morgan fingerprint density at radius 2 is 1.92 bits per heavy atom. The summed E-state index contributed by atoms with van der Waals surface area (Å²) in [6.45, 7) is 6.27. The van der Waals surface area contributed by atoms with E-state index in [0.29, 0.717) is 31.0 Å². The first-order chi connectivity index (χ1) is 11.2. The van der Waals surface area contributed by atoms with E-state index in [4.69, 9.17) is 0 Å². The van der Waals surface area contributed by atoms with Gasteiger partial charge in [-0.1, -0.05) is 18.2 Å². The lowest BCUT2D eigenvalue weighted by Crippen LogP contribution is -2.48. The van der Waals surface area contributed by atoms with Gasteiger partial charge in [0.2, 0.25) is 5.91 Å². The lowest BCUT2D eigenvalue weighted by atomic mass is 9.67. The molecule has 132 valence electrons. The monoisotopic (exact) mass is 340 g/mol. The molecule has 3 rings (SSSR count). The van der Waals surface area contributed by atoms with Crippen molar-refractivity contribution < 1.29 is 18.0 Å². The summed E-state index contributed by atoms with van der Waals surface area (Å²) in [5.41, 5.74) is -0.606. The van der Waals surface area contributed by atoms with E-state index in [1.807, 2.05) is 0 Å². The molecule has 6 heteroatoms. The lowest BCUT2D eigenvalue weighted by Gasteiger charge is -2.42. The van der Waals surface area contributed by atoms with E-state index < -0.39 is 17.2 Å². The van der Waals surface area contributed by atoms with Gasteiger partial charge in [0.05, 0.1) is 11.0 Å². The third-order valence-electron chi connectivity index (χ3n) is 5.62. The van der Waals surface area contributed by atoms with Crippen molar-refractivity contribution in [3.05, 3.63) is 35.4 Å². The third-order valence-corrected chi connectivity index (χ3v) is 5.62. The highest BCUT2D eigenvalue weighted by Crippen LogP contribution is 2.48. The smallest absolute Gasteiger partial charge is 0.355 e. The zero-order chi connectivity index (χ0) is 17.5. The highest BCUT2D eigenvalue weighted by molar-refractivity contribution is 5.86. The maximum atomic E-state index is 13.0. The Kier molecular flexibility index (Phi) is 4.36. The minimum Gasteiger partial charge on any atom is -0.355 e. The molecule has 3 nitrogen and oxygen atoms in total. The van der Waals surface area contributed by atoms with Gasteiger partial charge < -0.3 is 10.2 Å². The predicted molar refractivity (Wildman–Crippen MR) is 85.6 cm³/mol. The molecule has 1 amide bonds. The SMILES string of the molecule is CC(C)N1CCC2(CC1)C(=O)NCC2c1cccc(C(F)(F)F)c1. The average Bonchev–Trinajstić information content (AvgIpc) is 2.84. The van der Waals surface area contributed by atoms with Crippen molar-refractivity contribution >= 4 is 5.91 Å². The number of alkyl halides is 3. The first-order valence-electron chi connectivity index (χ1n) is 8.43.